The summed E-state index contributed by atoms with van der Waals surface area (Å²) in [5, 5.41) is 2.66. The second-order valence-electron chi connectivity index (χ2n) is 7.01. The number of nitrogens with zero attached hydrogens (tertiary/aromatic N) is 4. The van der Waals surface area contributed by atoms with Gasteiger partial charge in [-0.3, -0.25) is 4.79 Å². The number of morpholine rings is 1. The highest BCUT2D eigenvalue weighted by Crippen LogP contribution is 2.22. The Kier molecular flexibility index (Phi) is 5.71. The number of carbonyl (C=O) groups excluding carboxylic acids is 1. The molecule has 0 atom stereocenters. The van der Waals surface area contributed by atoms with Crippen LogP contribution >= 0.6 is 0 Å². The van der Waals surface area contributed by atoms with Gasteiger partial charge in [-0.05, 0) is 12.1 Å². The number of aromatic nitrogens is 3. The average Bonchev–Trinajstić information content (AvgIpc) is 3.15. The molecule has 0 spiro atoms. The van der Waals surface area contributed by atoms with Crippen LogP contribution in [-0.4, -0.2) is 46.7 Å². The third kappa shape index (κ3) is 4.30. The molecule has 156 valence electrons. The molecule has 1 aliphatic rings. The molecular weight excluding hydrogens is 392 g/mol. The normalized spacial score (nSPS) is 14.0. The van der Waals surface area contributed by atoms with Gasteiger partial charge in [-0.15, -0.1) is 0 Å². The van der Waals surface area contributed by atoms with Gasteiger partial charge in [-0.1, -0.05) is 6.07 Å². The zero-order valence-electron chi connectivity index (χ0n) is 16.4. The van der Waals surface area contributed by atoms with Crippen molar-refractivity contribution in [3.8, 4) is 11.1 Å². The van der Waals surface area contributed by atoms with E-state index in [2.05, 4.69) is 20.2 Å². The number of halogens is 2. The summed E-state index contributed by atoms with van der Waals surface area (Å²) in [6.45, 7) is 2.78. The van der Waals surface area contributed by atoms with Crippen molar-refractivity contribution in [1.29, 1.82) is 0 Å². The number of hydrogen-bond donors (Lipinski definition) is 1. The summed E-state index contributed by atoms with van der Waals surface area (Å²) >= 11 is 0. The Hall–Kier alpha value is -3.33. The van der Waals surface area contributed by atoms with Gasteiger partial charge in [0.15, 0.2) is 0 Å². The minimum absolute atomic E-state index is 0.0389. The Morgan fingerprint density at radius 3 is 2.57 bits per heavy atom. The Morgan fingerprint density at radius 1 is 1.13 bits per heavy atom. The van der Waals surface area contributed by atoms with Crippen LogP contribution in [0.15, 0.2) is 42.9 Å². The van der Waals surface area contributed by atoms with E-state index in [9.17, 15) is 13.6 Å². The van der Waals surface area contributed by atoms with Crippen LogP contribution < -0.4 is 10.2 Å². The number of rotatable bonds is 5. The zero-order chi connectivity index (χ0) is 21.1. The molecule has 0 radical (unpaired) electrons. The SMILES string of the molecule is Cn1cc(-c2cnc(N3CCOCC3)nc2)cc1C(=O)NCc1ccc(F)cc1F. The van der Waals surface area contributed by atoms with Crippen molar-refractivity contribution < 1.29 is 18.3 Å². The molecule has 0 saturated carbocycles. The van der Waals surface area contributed by atoms with E-state index in [0.29, 0.717) is 24.9 Å². The summed E-state index contributed by atoms with van der Waals surface area (Å²) in [7, 11) is 1.75. The van der Waals surface area contributed by atoms with Gasteiger partial charge in [-0.2, -0.15) is 0 Å². The molecular formula is C21H21F2N5O2. The molecule has 3 aromatic rings. The first-order valence-electron chi connectivity index (χ1n) is 9.55. The molecule has 0 unspecified atom stereocenters. The molecule has 2 aromatic heterocycles. The monoisotopic (exact) mass is 413 g/mol. The number of aryl methyl sites for hydroxylation is 1. The number of ether oxygens (including phenoxy) is 1. The minimum atomic E-state index is -0.694. The number of carbonyl (C=O) groups is 1. The fraction of sp³-hybridized carbons (Fsp3) is 0.286. The van der Waals surface area contributed by atoms with Crippen LogP contribution in [0.25, 0.3) is 11.1 Å². The van der Waals surface area contributed by atoms with Gasteiger partial charge in [0.2, 0.25) is 5.95 Å². The third-order valence-corrected chi connectivity index (χ3v) is 4.96. The van der Waals surface area contributed by atoms with Crippen molar-refractivity contribution in [3.63, 3.8) is 0 Å². The molecule has 1 N–H and O–H groups in total. The fourth-order valence-electron chi connectivity index (χ4n) is 3.28. The van der Waals surface area contributed by atoms with Crippen LogP contribution in [0.2, 0.25) is 0 Å². The van der Waals surface area contributed by atoms with E-state index in [1.54, 1.807) is 36.3 Å². The summed E-state index contributed by atoms with van der Waals surface area (Å²) in [4.78, 5) is 23.5. The highest BCUT2D eigenvalue weighted by molar-refractivity contribution is 5.94. The predicted molar refractivity (Wildman–Crippen MR) is 107 cm³/mol. The van der Waals surface area contributed by atoms with Crippen LogP contribution in [0.5, 0.6) is 0 Å². The second-order valence-corrected chi connectivity index (χ2v) is 7.01. The minimum Gasteiger partial charge on any atom is -0.378 e. The Morgan fingerprint density at radius 2 is 1.87 bits per heavy atom. The maximum Gasteiger partial charge on any atom is 0.268 e. The maximum atomic E-state index is 13.8. The highest BCUT2D eigenvalue weighted by atomic mass is 19.1. The molecule has 30 heavy (non-hydrogen) atoms. The number of nitrogens with one attached hydrogen (secondary N) is 1. The smallest absolute Gasteiger partial charge is 0.268 e. The molecule has 0 aliphatic carbocycles. The van der Waals surface area contributed by atoms with Crippen LogP contribution in [0.1, 0.15) is 16.1 Å². The van der Waals surface area contributed by atoms with Gasteiger partial charge in [0, 0.05) is 68.0 Å². The molecule has 9 heteroatoms. The van der Waals surface area contributed by atoms with Gasteiger partial charge < -0.3 is 19.5 Å². The first-order valence-corrected chi connectivity index (χ1v) is 9.55. The Bertz CT molecular complexity index is 1050. The van der Waals surface area contributed by atoms with E-state index in [0.717, 1.165) is 36.3 Å². The van der Waals surface area contributed by atoms with Gasteiger partial charge in [0.05, 0.1) is 13.2 Å². The maximum absolute atomic E-state index is 13.8. The van der Waals surface area contributed by atoms with E-state index in [1.165, 1.54) is 6.07 Å². The molecule has 1 aliphatic heterocycles. The number of anilines is 1. The number of amides is 1. The molecule has 1 aromatic carbocycles. The molecule has 7 nitrogen and oxygen atoms in total. The molecule has 1 saturated heterocycles. The lowest BCUT2D eigenvalue weighted by atomic mass is 10.2. The molecule has 0 bridgehead atoms. The first kappa shape index (κ1) is 20.0. The first-order chi connectivity index (χ1) is 14.5. The van der Waals surface area contributed by atoms with Crippen LogP contribution in [-0.2, 0) is 18.3 Å². The fourth-order valence-corrected chi connectivity index (χ4v) is 3.28. The summed E-state index contributed by atoms with van der Waals surface area (Å²) < 4.78 is 33.8. The van der Waals surface area contributed by atoms with Crippen LogP contribution in [0.4, 0.5) is 14.7 Å². The molecule has 1 fully saturated rings. The lowest BCUT2D eigenvalue weighted by molar-refractivity contribution is 0.0942. The zero-order valence-corrected chi connectivity index (χ0v) is 16.4. The second kappa shape index (κ2) is 8.58. The van der Waals surface area contributed by atoms with Crippen molar-refractivity contribution >= 4 is 11.9 Å². The van der Waals surface area contributed by atoms with Crippen molar-refractivity contribution in [1.82, 2.24) is 19.9 Å². The molecule has 4 rings (SSSR count). The summed E-state index contributed by atoms with van der Waals surface area (Å²) in [5.41, 5.74) is 2.20. The Labute approximate surface area is 172 Å². The summed E-state index contributed by atoms with van der Waals surface area (Å²) in [6.07, 6.45) is 5.26. The van der Waals surface area contributed by atoms with Gasteiger partial charge >= 0.3 is 0 Å². The average molecular weight is 413 g/mol. The predicted octanol–water partition coefficient (Wildman–Crippen LogP) is 2.53. The van der Waals surface area contributed by atoms with E-state index in [-0.39, 0.29) is 18.0 Å². The largest absolute Gasteiger partial charge is 0.378 e. The highest BCUT2D eigenvalue weighted by Gasteiger charge is 2.16. The van der Waals surface area contributed by atoms with Crippen LogP contribution in [0.3, 0.4) is 0 Å². The van der Waals surface area contributed by atoms with Crippen molar-refractivity contribution in [2.75, 3.05) is 31.2 Å². The molecule has 1 amide bonds. The lowest BCUT2D eigenvalue weighted by Crippen LogP contribution is -2.37. The third-order valence-electron chi connectivity index (χ3n) is 4.96. The lowest BCUT2D eigenvalue weighted by Gasteiger charge is -2.26. The Balaban J connectivity index is 1.45. The topological polar surface area (TPSA) is 72.3 Å². The van der Waals surface area contributed by atoms with Crippen molar-refractivity contribution in [2.24, 2.45) is 7.05 Å². The van der Waals surface area contributed by atoms with Crippen molar-refractivity contribution in [2.45, 2.75) is 6.54 Å². The quantitative estimate of drug-likeness (QED) is 0.696. The van der Waals surface area contributed by atoms with E-state index in [1.807, 2.05) is 0 Å². The number of hydrogen-bond acceptors (Lipinski definition) is 5. The van der Waals surface area contributed by atoms with Gasteiger partial charge in [0.1, 0.15) is 17.3 Å². The summed E-state index contributed by atoms with van der Waals surface area (Å²) in [5.74, 6) is -1.06. The van der Waals surface area contributed by atoms with E-state index < -0.39 is 11.6 Å². The summed E-state index contributed by atoms with van der Waals surface area (Å²) in [6, 6.07) is 4.99. The van der Waals surface area contributed by atoms with Crippen LogP contribution in [0, 0.1) is 11.6 Å². The molecule has 3 heterocycles. The number of benzene rings is 1. The van der Waals surface area contributed by atoms with E-state index >= 15 is 0 Å². The van der Waals surface area contributed by atoms with Gasteiger partial charge in [-0.25, -0.2) is 18.7 Å². The standard InChI is InChI=1S/C21H21F2N5O2/c1-27-13-15(16-11-25-21(26-12-16)28-4-6-30-7-5-28)8-19(27)20(29)24-10-14-2-3-17(22)9-18(14)23/h2-3,8-9,11-13H,4-7,10H2,1H3,(H,24,29). The van der Waals surface area contributed by atoms with Crippen molar-refractivity contribution in [3.05, 3.63) is 65.7 Å². The van der Waals surface area contributed by atoms with E-state index in [4.69, 9.17) is 4.74 Å². The van der Waals surface area contributed by atoms with Gasteiger partial charge in [0.25, 0.3) is 5.91 Å².